The van der Waals surface area contributed by atoms with Gasteiger partial charge in [0.15, 0.2) is 0 Å². The summed E-state index contributed by atoms with van der Waals surface area (Å²) in [6.45, 7) is 3.43. The highest BCUT2D eigenvalue weighted by Crippen LogP contribution is 2.40. The number of hydrogen-bond acceptors (Lipinski definition) is 7. The molecule has 0 bridgehead atoms. The highest BCUT2D eigenvalue weighted by molar-refractivity contribution is 5.80. The molecule has 0 radical (unpaired) electrons. The maximum atomic E-state index is 12.3. The van der Waals surface area contributed by atoms with Crippen molar-refractivity contribution >= 4 is 17.7 Å². The van der Waals surface area contributed by atoms with E-state index in [0.717, 1.165) is 32.2 Å². The molecule has 0 aromatic carbocycles. The number of hydrazine groups is 1. The number of rotatable bonds is 9. The van der Waals surface area contributed by atoms with E-state index in [1.807, 2.05) is 6.92 Å². The van der Waals surface area contributed by atoms with E-state index in [-0.39, 0.29) is 30.9 Å². The average molecular weight is 383 g/mol. The van der Waals surface area contributed by atoms with Crippen molar-refractivity contribution in [2.75, 3.05) is 19.7 Å². The van der Waals surface area contributed by atoms with Crippen LogP contribution in [0.4, 0.5) is 0 Å². The third-order valence-electron chi connectivity index (χ3n) is 5.66. The summed E-state index contributed by atoms with van der Waals surface area (Å²) in [5, 5.41) is 9.82. The van der Waals surface area contributed by atoms with Crippen molar-refractivity contribution in [2.24, 2.45) is 34.4 Å². The van der Waals surface area contributed by atoms with E-state index in [4.69, 9.17) is 16.3 Å². The number of piperidine rings is 1. The molecule has 0 aromatic heterocycles. The number of nitrogens with two attached hydrogens (primary N) is 2. The van der Waals surface area contributed by atoms with Crippen molar-refractivity contribution in [2.45, 2.75) is 57.9 Å². The van der Waals surface area contributed by atoms with Crippen LogP contribution < -0.4 is 27.7 Å². The van der Waals surface area contributed by atoms with Gasteiger partial charge in [-0.2, -0.15) is 5.10 Å². The molecule has 1 saturated carbocycles. The zero-order chi connectivity index (χ0) is 19.6. The van der Waals surface area contributed by atoms with E-state index in [1.165, 1.54) is 12.8 Å². The number of carbonyl (C=O) groups is 2. The smallest absolute Gasteiger partial charge is 0.323 e. The molecule has 1 saturated heterocycles. The predicted octanol–water partition coefficient (Wildman–Crippen LogP) is -0.0341. The van der Waals surface area contributed by atoms with E-state index < -0.39 is 0 Å². The summed E-state index contributed by atoms with van der Waals surface area (Å²) in [5.74, 6) is 7.08. The van der Waals surface area contributed by atoms with Gasteiger partial charge in [0.05, 0.1) is 6.42 Å². The predicted molar refractivity (Wildman–Crippen MR) is 103 cm³/mol. The van der Waals surface area contributed by atoms with Gasteiger partial charge < -0.3 is 21.1 Å². The molecule has 154 valence electrons. The second-order valence-corrected chi connectivity index (χ2v) is 7.54. The minimum absolute atomic E-state index is 0.0928. The summed E-state index contributed by atoms with van der Waals surface area (Å²) < 4.78 is 5.30. The number of fused-ring (bicyclic) bond motifs is 1. The molecule has 4 unspecified atom stereocenters. The van der Waals surface area contributed by atoms with E-state index in [1.54, 1.807) is 0 Å². The molecule has 0 spiro atoms. The van der Waals surface area contributed by atoms with Crippen LogP contribution in [0, 0.1) is 17.8 Å². The first-order valence-electron chi connectivity index (χ1n) is 9.97. The summed E-state index contributed by atoms with van der Waals surface area (Å²) in [7, 11) is 0. The van der Waals surface area contributed by atoms with Gasteiger partial charge >= 0.3 is 5.97 Å². The fourth-order valence-electron chi connectivity index (χ4n) is 4.22. The van der Waals surface area contributed by atoms with Crippen molar-refractivity contribution in [3.63, 3.8) is 0 Å². The van der Waals surface area contributed by atoms with Crippen LogP contribution in [0.1, 0.15) is 51.9 Å². The largest absolute Gasteiger partial charge is 0.464 e. The molecule has 9 heteroatoms. The molecule has 4 atom stereocenters. The molecular weight excluding hydrogens is 348 g/mol. The Balaban J connectivity index is 1.74. The SMILES string of the molecule is CCNC(=O)CCOC(=O)C1CC2CC(CC/C(N)=N/NN)CCC2CN1. The van der Waals surface area contributed by atoms with Crippen molar-refractivity contribution in [1.82, 2.24) is 16.2 Å². The molecule has 1 heterocycles. The Hall–Kier alpha value is -1.87. The van der Waals surface area contributed by atoms with E-state index >= 15 is 0 Å². The van der Waals surface area contributed by atoms with Crippen LogP contribution in [-0.4, -0.2) is 43.5 Å². The van der Waals surface area contributed by atoms with Crippen LogP contribution in [0.3, 0.4) is 0 Å². The number of carbonyl (C=O) groups excluding carboxylic acids is 2. The zero-order valence-corrected chi connectivity index (χ0v) is 16.2. The van der Waals surface area contributed by atoms with E-state index in [9.17, 15) is 9.59 Å². The van der Waals surface area contributed by atoms with Crippen molar-refractivity contribution in [3.05, 3.63) is 0 Å². The van der Waals surface area contributed by atoms with Gasteiger partial charge in [-0.05, 0) is 56.9 Å². The molecule has 1 aliphatic heterocycles. The highest BCUT2D eigenvalue weighted by atomic mass is 16.5. The Labute approximate surface area is 161 Å². The third kappa shape index (κ3) is 6.99. The average Bonchev–Trinajstić information content (AvgIpc) is 2.66. The Morgan fingerprint density at radius 3 is 2.78 bits per heavy atom. The molecule has 2 fully saturated rings. The first kappa shape index (κ1) is 21.4. The molecule has 1 aliphatic carbocycles. The Kier molecular flexibility index (Phi) is 8.80. The maximum absolute atomic E-state index is 12.3. The van der Waals surface area contributed by atoms with Gasteiger partial charge in [0.1, 0.15) is 18.5 Å². The van der Waals surface area contributed by atoms with Crippen LogP contribution >= 0.6 is 0 Å². The molecule has 0 aromatic rings. The zero-order valence-electron chi connectivity index (χ0n) is 16.2. The lowest BCUT2D eigenvalue weighted by Gasteiger charge is -2.42. The van der Waals surface area contributed by atoms with Crippen LogP contribution in [0.5, 0.6) is 0 Å². The third-order valence-corrected chi connectivity index (χ3v) is 5.66. The lowest BCUT2D eigenvalue weighted by Crippen LogP contribution is -2.50. The quantitative estimate of drug-likeness (QED) is 0.124. The minimum Gasteiger partial charge on any atom is -0.464 e. The number of amides is 1. The Morgan fingerprint density at radius 2 is 2.04 bits per heavy atom. The topological polar surface area (TPSA) is 144 Å². The second kappa shape index (κ2) is 11.1. The summed E-state index contributed by atoms with van der Waals surface area (Å²) in [6.07, 6.45) is 6.21. The fourth-order valence-corrected chi connectivity index (χ4v) is 4.22. The van der Waals surface area contributed by atoms with Gasteiger partial charge in [-0.15, -0.1) is 0 Å². The normalized spacial score (nSPS) is 28.1. The number of esters is 1. The highest BCUT2D eigenvalue weighted by Gasteiger charge is 2.38. The van der Waals surface area contributed by atoms with E-state index in [0.29, 0.717) is 30.1 Å². The van der Waals surface area contributed by atoms with E-state index in [2.05, 4.69) is 21.3 Å². The fraction of sp³-hybridized carbons (Fsp3) is 0.833. The second-order valence-electron chi connectivity index (χ2n) is 7.54. The Morgan fingerprint density at radius 1 is 1.22 bits per heavy atom. The molecule has 1 amide bonds. The molecule has 7 N–H and O–H groups in total. The van der Waals surface area contributed by atoms with Crippen molar-refractivity contribution in [3.8, 4) is 0 Å². The van der Waals surface area contributed by atoms with Crippen molar-refractivity contribution in [1.29, 1.82) is 0 Å². The maximum Gasteiger partial charge on any atom is 0.323 e. The van der Waals surface area contributed by atoms with Gasteiger partial charge in [-0.25, -0.2) is 11.4 Å². The first-order chi connectivity index (χ1) is 13.0. The number of ether oxygens (including phenoxy) is 1. The van der Waals surface area contributed by atoms with Crippen LogP contribution in [-0.2, 0) is 14.3 Å². The molecule has 27 heavy (non-hydrogen) atoms. The first-order valence-corrected chi connectivity index (χ1v) is 9.97. The van der Waals surface area contributed by atoms with Gasteiger partial charge in [0.2, 0.25) is 5.91 Å². The minimum atomic E-state index is -0.271. The molecular formula is C18H34N6O3. The summed E-state index contributed by atoms with van der Waals surface area (Å²) in [4.78, 5) is 23.7. The van der Waals surface area contributed by atoms with Crippen LogP contribution in [0.15, 0.2) is 5.10 Å². The monoisotopic (exact) mass is 382 g/mol. The van der Waals surface area contributed by atoms with Gasteiger partial charge in [0, 0.05) is 13.0 Å². The van der Waals surface area contributed by atoms with Gasteiger partial charge in [0.25, 0.3) is 0 Å². The number of nitrogens with zero attached hydrogens (tertiary/aromatic N) is 1. The summed E-state index contributed by atoms with van der Waals surface area (Å²) >= 11 is 0. The van der Waals surface area contributed by atoms with Gasteiger partial charge in [-0.1, -0.05) is 6.42 Å². The Bertz CT molecular complexity index is 527. The lowest BCUT2D eigenvalue weighted by molar-refractivity contribution is -0.148. The van der Waals surface area contributed by atoms with Crippen molar-refractivity contribution < 1.29 is 14.3 Å². The van der Waals surface area contributed by atoms with Crippen LogP contribution in [0.2, 0.25) is 0 Å². The number of hydrogen-bond donors (Lipinski definition) is 5. The van der Waals surface area contributed by atoms with Crippen LogP contribution in [0.25, 0.3) is 0 Å². The molecule has 2 rings (SSSR count). The summed E-state index contributed by atoms with van der Waals surface area (Å²) in [6, 6.07) is -0.271. The standard InChI is InChI=1S/C18H34N6O3/c1-2-21-17(25)7-8-27-18(26)15-10-14-9-12(3-5-13(14)11-22-15)4-6-16(19)23-24-20/h12-15,22,24H,2-11,20H2,1H3,(H2,19,23)(H,21,25). The number of nitrogens with one attached hydrogen (secondary N) is 3. The number of hydrazone groups is 1. The summed E-state index contributed by atoms with van der Waals surface area (Å²) in [5.41, 5.74) is 8.02. The molecule has 9 nitrogen and oxygen atoms in total. The molecule has 2 aliphatic rings. The lowest BCUT2D eigenvalue weighted by atomic mass is 9.69. The number of amidine groups is 1. The van der Waals surface area contributed by atoms with Gasteiger partial charge in [-0.3, -0.25) is 9.59 Å².